The molecule has 2 aromatic carbocycles. The monoisotopic (exact) mass is 581 g/mol. The second-order valence-corrected chi connectivity index (χ2v) is 9.19. The fourth-order valence-electron chi connectivity index (χ4n) is 3.74. The Bertz CT molecular complexity index is 1300. The van der Waals surface area contributed by atoms with E-state index in [-0.39, 0.29) is 18.8 Å². The summed E-state index contributed by atoms with van der Waals surface area (Å²) < 4.78 is 70.0. The van der Waals surface area contributed by atoms with Crippen LogP contribution in [0, 0.1) is 0 Å². The van der Waals surface area contributed by atoms with Crippen molar-refractivity contribution in [3.8, 4) is 23.0 Å². The predicted octanol–water partition coefficient (Wildman–Crippen LogP) is 5.34. The van der Waals surface area contributed by atoms with Crippen molar-refractivity contribution in [3.63, 3.8) is 0 Å². The first-order valence-electron chi connectivity index (χ1n) is 11.9. The number of imidazole rings is 1. The van der Waals surface area contributed by atoms with Crippen molar-refractivity contribution in [2.24, 2.45) is 0 Å². The molecule has 0 spiro atoms. The van der Waals surface area contributed by atoms with Crippen LogP contribution in [0.25, 0.3) is 11.2 Å². The molecule has 0 radical (unpaired) electrons. The molecule has 3 unspecified atom stereocenters. The lowest BCUT2D eigenvalue weighted by atomic mass is 10.2. The van der Waals surface area contributed by atoms with Gasteiger partial charge < -0.3 is 29.0 Å². The fraction of sp³-hybridized carbons (Fsp3) is 0.320. The summed E-state index contributed by atoms with van der Waals surface area (Å²) in [7, 11) is 1.20. The Morgan fingerprint density at radius 2 is 1.48 bits per heavy atom. The first kappa shape index (κ1) is 29.1. The highest BCUT2D eigenvalue weighted by molar-refractivity contribution is 7.42. The molecule has 2 aromatic heterocycles. The second kappa shape index (κ2) is 14.0. The molecule has 1 aliphatic rings. The summed E-state index contributed by atoms with van der Waals surface area (Å²) in [4.78, 5) is 12.4. The molecule has 0 saturated carbocycles. The Kier molecular flexibility index (Phi) is 10.2. The quantitative estimate of drug-likeness (QED) is 0.246. The van der Waals surface area contributed by atoms with Gasteiger partial charge in [-0.1, -0.05) is 0 Å². The topological polar surface area (TPSA) is 125 Å². The normalized spacial score (nSPS) is 18.3. The van der Waals surface area contributed by atoms with Gasteiger partial charge in [0.25, 0.3) is 0 Å². The molecule has 4 aromatic rings. The zero-order valence-corrected chi connectivity index (χ0v) is 22.4. The molecular formula is C25H27F3N5O6P. The van der Waals surface area contributed by atoms with Crippen LogP contribution in [0.1, 0.15) is 12.6 Å². The third-order valence-corrected chi connectivity index (χ3v) is 6.76. The number of alkyl halides is 3. The minimum atomic E-state index is -1.95. The number of nitrogens with two attached hydrogens (primary N) is 1. The molecule has 1 fully saturated rings. The molecule has 11 nitrogen and oxygen atoms in total. The predicted molar refractivity (Wildman–Crippen MR) is 140 cm³/mol. The maximum atomic E-state index is 15.0. The minimum Gasteiger partial charge on any atom is -0.497 e. The van der Waals surface area contributed by atoms with Gasteiger partial charge in [-0.15, -0.1) is 0 Å². The number of aromatic nitrogens is 4. The number of ether oxygens (including phenoxy) is 3. The van der Waals surface area contributed by atoms with E-state index in [9.17, 15) is 13.2 Å². The number of methoxy groups -OCH3 is 2. The molecule has 3 atom stereocenters. The van der Waals surface area contributed by atoms with Gasteiger partial charge in [-0.3, -0.25) is 9.09 Å². The van der Waals surface area contributed by atoms with Gasteiger partial charge in [0.2, 0.25) is 6.93 Å². The number of benzene rings is 2. The Morgan fingerprint density at radius 1 is 0.925 bits per heavy atom. The number of fused-ring (bicyclic) bond motifs is 1. The number of halogens is 3. The van der Waals surface area contributed by atoms with Gasteiger partial charge in [0, 0.05) is 6.42 Å². The summed E-state index contributed by atoms with van der Waals surface area (Å²) in [6.45, 7) is -1.85. The Labute approximate surface area is 229 Å². The van der Waals surface area contributed by atoms with Crippen LogP contribution in [0.5, 0.6) is 23.0 Å². The van der Waals surface area contributed by atoms with E-state index < -0.39 is 34.0 Å². The van der Waals surface area contributed by atoms with Crippen molar-refractivity contribution in [3.05, 3.63) is 61.2 Å². The minimum absolute atomic E-state index is 0.0972. The van der Waals surface area contributed by atoms with Crippen molar-refractivity contribution in [2.75, 3.05) is 33.5 Å². The van der Waals surface area contributed by atoms with Crippen molar-refractivity contribution in [1.82, 2.24) is 19.5 Å². The largest absolute Gasteiger partial charge is 0.497 e. The van der Waals surface area contributed by atoms with Crippen LogP contribution >= 0.6 is 8.60 Å². The highest BCUT2D eigenvalue weighted by Crippen LogP contribution is 2.43. The van der Waals surface area contributed by atoms with Gasteiger partial charge in [0.1, 0.15) is 53.3 Å². The molecule has 3 heterocycles. The zero-order valence-electron chi connectivity index (χ0n) is 21.5. The molecule has 1 saturated heterocycles. The molecule has 40 heavy (non-hydrogen) atoms. The summed E-state index contributed by atoms with van der Waals surface area (Å²) in [5.74, 6) is 2.61. The summed E-state index contributed by atoms with van der Waals surface area (Å²) >= 11 is 0. The van der Waals surface area contributed by atoms with Crippen molar-refractivity contribution in [1.29, 1.82) is 0 Å². The molecule has 0 aliphatic carbocycles. The van der Waals surface area contributed by atoms with Crippen molar-refractivity contribution < 1.29 is 41.0 Å². The number of nitrogen functional groups attached to an aromatic ring is 1. The van der Waals surface area contributed by atoms with Crippen LogP contribution in [-0.2, 0) is 9.26 Å². The molecule has 214 valence electrons. The molecular weight excluding hydrogens is 554 g/mol. The van der Waals surface area contributed by atoms with E-state index in [0.29, 0.717) is 34.2 Å². The Morgan fingerprint density at radius 3 is 2.02 bits per heavy atom. The lowest BCUT2D eigenvalue weighted by Crippen LogP contribution is -2.23. The van der Waals surface area contributed by atoms with E-state index >= 15 is 0 Å². The third-order valence-electron chi connectivity index (χ3n) is 5.68. The van der Waals surface area contributed by atoms with Crippen LogP contribution in [0.2, 0.25) is 0 Å². The van der Waals surface area contributed by atoms with Crippen LogP contribution in [0.4, 0.5) is 19.0 Å². The number of nitrogens with zero attached hydrogens (tertiary/aromatic N) is 4. The molecule has 0 bridgehead atoms. The van der Waals surface area contributed by atoms with Gasteiger partial charge in [0.15, 0.2) is 11.5 Å². The van der Waals surface area contributed by atoms with E-state index in [1.165, 1.54) is 12.7 Å². The smallest absolute Gasteiger partial charge is 0.463 e. The summed E-state index contributed by atoms with van der Waals surface area (Å²) in [6, 6.07) is 13.9. The molecule has 5 rings (SSSR count). The maximum absolute atomic E-state index is 15.0. The van der Waals surface area contributed by atoms with Crippen LogP contribution < -0.4 is 24.3 Å². The van der Waals surface area contributed by atoms with Gasteiger partial charge in [0.05, 0.1) is 27.2 Å². The maximum Gasteiger partial charge on any atom is 0.463 e. The van der Waals surface area contributed by atoms with Gasteiger partial charge in [-0.25, -0.2) is 28.1 Å². The van der Waals surface area contributed by atoms with Gasteiger partial charge >= 0.3 is 8.60 Å². The SMILES string of the molecule is COc1ccc(OP(OCC2OC(n3cnc4c(N)ncnc43)CC2F)Oc2ccc(OC)cc2)cc1.FCF. The average molecular weight is 581 g/mol. The number of anilines is 1. The van der Waals surface area contributed by atoms with E-state index in [1.807, 2.05) is 0 Å². The summed E-state index contributed by atoms with van der Waals surface area (Å²) in [5, 5.41) is 0. The standard InChI is InChI=1S/C24H25FN5O6P.CH2F2/c1-31-15-3-7-17(8-4-15)35-37(36-18-9-5-16(32-2)6-10-18)33-12-20-19(25)11-21(34-20)30-14-29-22-23(26)27-13-28-24(22)30;2-1-3/h3-10,13-14,19-21H,11-12H2,1-2H3,(H2,26,27,28);1H2. The fourth-order valence-corrected chi connectivity index (χ4v) is 4.74. The van der Waals surface area contributed by atoms with Crippen molar-refractivity contribution >= 4 is 25.6 Å². The van der Waals surface area contributed by atoms with Crippen molar-refractivity contribution in [2.45, 2.75) is 24.9 Å². The van der Waals surface area contributed by atoms with Crippen LogP contribution in [0.15, 0.2) is 61.2 Å². The Hall–Kier alpha value is -3.87. The zero-order chi connectivity index (χ0) is 28.5. The Balaban J connectivity index is 0.00000118. The van der Waals surface area contributed by atoms with Crippen LogP contribution in [0.3, 0.4) is 0 Å². The van der Waals surface area contributed by atoms with Gasteiger partial charge in [-0.05, 0) is 48.5 Å². The van der Waals surface area contributed by atoms with E-state index in [1.54, 1.807) is 67.3 Å². The highest BCUT2D eigenvalue weighted by Gasteiger charge is 2.38. The van der Waals surface area contributed by atoms with E-state index in [2.05, 4.69) is 15.0 Å². The number of hydrogen-bond donors (Lipinski definition) is 1. The first-order chi connectivity index (χ1) is 19.4. The summed E-state index contributed by atoms with van der Waals surface area (Å²) in [6.07, 6.45) is 0.173. The number of hydrogen-bond acceptors (Lipinski definition) is 10. The molecule has 0 amide bonds. The van der Waals surface area contributed by atoms with E-state index in [4.69, 9.17) is 33.5 Å². The van der Waals surface area contributed by atoms with Crippen LogP contribution in [-0.4, -0.2) is 59.5 Å². The third kappa shape index (κ3) is 7.20. The summed E-state index contributed by atoms with van der Waals surface area (Å²) in [5.41, 5.74) is 6.77. The highest BCUT2D eigenvalue weighted by atomic mass is 31.2. The second-order valence-electron chi connectivity index (χ2n) is 8.12. The van der Waals surface area contributed by atoms with E-state index in [0.717, 1.165) is 0 Å². The molecule has 1 aliphatic heterocycles. The molecule has 15 heteroatoms. The lowest BCUT2D eigenvalue weighted by molar-refractivity contribution is -0.0284. The lowest BCUT2D eigenvalue weighted by Gasteiger charge is -2.20. The average Bonchev–Trinajstić information content (AvgIpc) is 3.57. The first-order valence-corrected chi connectivity index (χ1v) is 13.0. The number of rotatable bonds is 10. The van der Waals surface area contributed by atoms with Gasteiger partial charge in [-0.2, -0.15) is 0 Å². The molecule has 2 N–H and O–H groups in total.